The molecule has 4 heterocycles. The first-order valence-electron chi connectivity index (χ1n) is 9.47. The SMILES string of the molecule is Cc1ccc(-c2cc(C(=O)Nc3cccc(-c4nnnn4C)c3)c3c(C)noc3n2)s1. The highest BCUT2D eigenvalue weighted by molar-refractivity contribution is 7.15. The zero-order valence-corrected chi connectivity index (χ0v) is 17.8. The molecule has 9 nitrogen and oxygen atoms in total. The second-order valence-corrected chi connectivity index (χ2v) is 8.36. The predicted octanol–water partition coefficient (Wildman–Crippen LogP) is 4.01. The fraction of sp³-hybridized carbons (Fsp3) is 0.143. The Balaban J connectivity index is 1.54. The number of fused-ring (bicyclic) bond motifs is 1. The third-order valence-electron chi connectivity index (χ3n) is 4.85. The molecule has 0 saturated carbocycles. The normalized spacial score (nSPS) is 11.2. The lowest BCUT2D eigenvalue weighted by Crippen LogP contribution is -2.13. The van der Waals surface area contributed by atoms with Crippen molar-refractivity contribution in [2.24, 2.45) is 7.05 Å². The van der Waals surface area contributed by atoms with Crippen molar-refractivity contribution in [1.82, 2.24) is 30.3 Å². The maximum absolute atomic E-state index is 13.3. The van der Waals surface area contributed by atoms with Crippen molar-refractivity contribution in [2.45, 2.75) is 13.8 Å². The Morgan fingerprint density at radius 3 is 2.77 bits per heavy atom. The van der Waals surface area contributed by atoms with Gasteiger partial charge in [-0.25, -0.2) is 9.67 Å². The van der Waals surface area contributed by atoms with Crippen LogP contribution >= 0.6 is 11.3 Å². The van der Waals surface area contributed by atoms with Gasteiger partial charge in [0.2, 0.25) is 0 Å². The molecule has 1 N–H and O–H groups in total. The molecule has 0 spiro atoms. The van der Waals surface area contributed by atoms with E-state index in [2.05, 4.69) is 31.0 Å². The summed E-state index contributed by atoms with van der Waals surface area (Å²) in [6.07, 6.45) is 0. The molecule has 154 valence electrons. The van der Waals surface area contributed by atoms with E-state index in [1.165, 1.54) is 0 Å². The highest BCUT2D eigenvalue weighted by Gasteiger charge is 2.20. The number of aryl methyl sites for hydroxylation is 3. The van der Waals surface area contributed by atoms with Crippen LogP contribution < -0.4 is 5.32 Å². The molecule has 1 aromatic carbocycles. The molecule has 0 fully saturated rings. The van der Waals surface area contributed by atoms with Crippen molar-refractivity contribution in [3.8, 4) is 22.0 Å². The molecule has 1 amide bonds. The van der Waals surface area contributed by atoms with E-state index in [0.717, 1.165) is 15.3 Å². The molecular formula is C21H17N7O2S. The number of benzene rings is 1. The largest absolute Gasteiger partial charge is 0.335 e. The Morgan fingerprint density at radius 2 is 2.03 bits per heavy atom. The van der Waals surface area contributed by atoms with E-state index in [-0.39, 0.29) is 5.91 Å². The number of pyridine rings is 1. The molecule has 31 heavy (non-hydrogen) atoms. The molecule has 10 heteroatoms. The van der Waals surface area contributed by atoms with E-state index in [1.807, 2.05) is 43.3 Å². The number of hydrogen-bond donors (Lipinski definition) is 1. The number of tetrazole rings is 1. The van der Waals surface area contributed by atoms with Crippen LogP contribution in [0.5, 0.6) is 0 Å². The standard InChI is InChI=1S/C21H17N7O2S/c1-11-7-8-17(31-11)16-10-15(18-12(2)25-30-21(18)23-16)20(29)22-14-6-4-5-13(9-14)19-24-26-27-28(19)3/h4-10H,1-3H3,(H,22,29). The molecule has 0 saturated heterocycles. The first-order chi connectivity index (χ1) is 15.0. The van der Waals surface area contributed by atoms with Gasteiger partial charge in [-0.2, -0.15) is 0 Å². The van der Waals surface area contributed by atoms with E-state index >= 15 is 0 Å². The maximum Gasteiger partial charge on any atom is 0.259 e. The maximum atomic E-state index is 13.3. The summed E-state index contributed by atoms with van der Waals surface area (Å²) in [7, 11) is 1.76. The lowest BCUT2D eigenvalue weighted by Gasteiger charge is -2.09. The Morgan fingerprint density at radius 1 is 1.16 bits per heavy atom. The van der Waals surface area contributed by atoms with Crippen LogP contribution in [0.2, 0.25) is 0 Å². The number of hydrogen-bond acceptors (Lipinski definition) is 8. The van der Waals surface area contributed by atoms with E-state index in [0.29, 0.717) is 39.6 Å². The van der Waals surface area contributed by atoms with Gasteiger partial charge in [-0.15, -0.1) is 16.4 Å². The van der Waals surface area contributed by atoms with Crippen LogP contribution in [0.4, 0.5) is 5.69 Å². The van der Waals surface area contributed by atoms with Gasteiger partial charge in [0.05, 0.1) is 27.2 Å². The Bertz CT molecular complexity index is 1430. The number of rotatable bonds is 4. The third kappa shape index (κ3) is 3.46. The Labute approximate surface area is 180 Å². The molecule has 0 aliphatic heterocycles. The van der Waals surface area contributed by atoms with Gasteiger partial charge in [-0.3, -0.25) is 4.79 Å². The van der Waals surface area contributed by atoms with E-state index in [9.17, 15) is 4.79 Å². The number of carbonyl (C=O) groups excluding carboxylic acids is 1. The predicted molar refractivity (Wildman–Crippen MR) is 117 cm³/mol. The second kappa shape index (κ2) is 7.40. The molecule has 0 atom stereocenters. The van der Waals surface area contributed by atoms with Gasteiger partial charge in [0.15, 0.2) is 5.82 Å². The van der Waals surface area contributed by atoms with Crippen molar-refractivity contribution in [1.29, 1.82) is 0 Å². The lowest BCUT2D eigenvalue weighted by atomic mass is 10.1. The van der Waals surface area contributed by atoms with Crippen LogP contribution in [0, 0.1) is 13.8 Å². The Hall–Kier alpha value is -3.92. The van der Waals surface area contributed by atoms with Gasteiger partial charge in [0.1, 0.15) is 0 Å². The first-order valence-corrected chi connectivity index (χ1v) is 10.3. The number of amides is 1. The zero-order valence-electron chi connectivity index (χ0n) is 16.9. The molecule has 0 bridgehead atoms. The monoisotopic (exact) mass is 431 g/mol. The smallest absolute Gasteiger partial charge is 0.259 e. The van der Waals surface area contributed by atoms with Crippen molar-refractivity contribution in [2.75, 3.05) is 5.32 Å². The van der Waals surface area contributed by atoms with Crippen LogP contribution in [-0.2, 0) is 7.05 Å². The Kier molecular flexibility index (Phi) is 4.55. The number of anilines is 1. The number of nitrogens with zero attached hydrogens (tertiary/aromatic N) is 6. The van der Waals surface area contributed by atoms with Gasteiger partial charge in [-0.1, -0.05) is 17.3 Å². The number of nitrogens with one attached hydrogen (secondary N) is 1. The van der Waals surface area contributed by atoms with Gasteiger partial charge in [0.25, 0.3) is 11.6 Å². The van der Waals surface area contributed by atoms with E-state index in [1.54, 1.807) is 36.1 Å². The van der Waals surface area contributed by atoms with Gasteiger partial charge in [0, 0.05) is 23.2 Å². The minimum absolute atomic E-state index is 0.276. The summed E-state index contributed by atoms with van der Waals surface area (Å²) in [5.41, 5.74) is 3.49. The van der Waals surface area contributed by atoms with Gasteiger partial charge < -0.3 is 9.84 Å². The van der Waals surface area contributed by atoms with Gasteiger partial charge in [-0.05, 0) is 54.6 Å². The van der Waals surface area contributed by atoms with Gasteiger partial charge >= 0.3 is 0 Å². The highest BCUT2D eigenvalue weighted by atomic mass is 32.1. The fourth-order valence-corrected chi connectivity index (χ4v) is 4.21. The van der Waals surface area contributed by atoms with Crippen LogP contribution in [0.25, 0.3) is 33.1 Å². The minimum Gasteiger partial charge on any atom is -0.335 e. The summed E-state index contributed by atoms with van der Waals surface area (Å²) < 4.78 is 6.95. The number of aromatic nitrogens is 6. The van der Waals surface area contributed by atoms with Crippen LogP contribution in [0.1, 0.15) is 20.9 Å². The molecule has 5 aromatic rings. The molecule has 0 aliphatic carbocycles. The summed E-state index contributed by atoms with van der Waals surface area (Å²) in [5.74, 6) is 0.328. The molecule has 4 aromatic heterocycles. The van der Waals surface area contributed by atoms with Crippen LogP contribution in [-0.4, -0.2) is 36.3 Å². The minimum atomic E-state index is -0.276. The molecule has 0 radical (unpaired) electrons. The van der Waals surface area contributed by atoms with E-state index < -0.39 is 0 Å². The topological polar surface area (TPSA) is 112 Å². The summed E-state index contributed by atoms with van der Waals surface area (Å²) in [5, 5.41) is 19.1. The van der Waals surface area contributed by atoms with Crippen molar-refractivity contribution in [3.05, 3.63) is 58.6 Å². The third-order valence-corrected chi connectivity index (χ3v) is 5.88. The lowest BCUT2D eigenvalue weighted by molar-refractivity contribution is 0.102. The van der Waals surface area contributed by atoms with Crippen LogP contribution in [0.3, 0.4) is 0 Å². The van der Waals surface area contributed by atoms with Crippen LogP contribution in [0.15, 0.2) is 47.0 Å². The molecule has 0 unspecified atom stereocenters. The summed E-state index contributed by atoms with van der Waals surface area (Å²) in [6.45, 7) is 3.82. The van der Waals surface area contributed by atoms with Crippen molar-refractivity contribution in [3.63, 3.8) is 0 Å². The second-order valence-electron chi connectivity index (χ2n) is 7.07. The van der Waals surface area contributed by atoms with Crippen molar-refractivity contribution < 1.29 is 9.32 Å². The first kappa shape index (κ1) is 19.1. The average molecular weight is 431 g/mol. The molecule has 5 rings (SSSR count). The quantitative estimate of drug-likeness (QED) is 0.457. The van der Waals surface area contributed by atoms with E-state index in [4.69, 9.17) is 4.52 Å². The summed E-state index contributed by atoms with van der Waals surface area (Å²) >= 11 is 1.60. The number of thiophene rings is 1. The zero-order chi connectivity index (χ0) is 21.5. The number of carbonyl (C=O) groups is 1. The molecular weight excluding hydrogens is 414 g/mol. The highest BCUT2D eigenvalue weighted by Crippen LogP contribution is 2.31. The molecule has 0 aliphatic rings. The van der Waals surface area contributed by atoms with Crippen molar-refractivity contribution >= 4 is 34.0 Å². The summed E-state index contributed by atoms with van der Waals surface area (Å²) in [6, 6.07) is 13.1. The fourth-order valence-electron chi connectivity index (χ4n) is 3.38. The summed E-state index contributed by atoms with van der Waals surface area (Å²) in [4.78, 5) is 20.0. The average Bonchev–Trinajstić information content (AvgIpc) is 3.48.